The second kappa shape index (κ2) is 12.3. The number of aromatic amines is 1. The molecule has 3 rings (SSSR count). The van der Waals surface area contributed by atoms with Gasteiger partial charge < -0.3 is 37.1 Å². The molecule has 0 radical (unpaired) electrons. The fourth-order valence-corrected chi connectivity index (χ4v) is 4.42. The zero-order chi connectivity index (χ0) is 25.4. The lowest BCUT2D eigenvalue weighted by Gasteiger charge is -2.26. The topological polar surface area (TPSA) is 184 Å². The molecule has 190 valence electrons. The molecular formula is C24H34N6O5. The number of para-hydroxylation sites is 1. The SMILES string of the molecule is NCCCCC(NC(=O)CNC(=O)C1CCCN1C(=O)C(N)Cc1c[nH]c2ccccc12)C(=O)O. The average molecular weight is 487 g/mol. The first-order valence-electron chi connectivity index (χ1n) is 11.9. The molecule has 3 unspecified atom stereocenters. The van der Waals surface area contributed by atoms with Crippen LogP contribution in [0.15, 0.2) is 30.5 Å². The van der Waals surface area contributed by atoms with Gasteiger partial charge in [-0.3, -0.25) is 14.4 Å². The third kappa shape index (κ3) is 6.80. The Bertz CT molecular complexity index is 1050. The summed E-state index contributed by atoms with van der Waals surface area (Å²) in [5.41, 5.74) is 13.5. The number of aliphatic carboxylic acids is 1. The summed E-state index contributed by atoms with van der Waals surface area (Å²) in [6.45, 7) is 0.477. The van der Waals surface area contributed by atoms with E-state index in [9.17, 15) is 24.3 Å². The number of rotatable bonds is 12. The first-order chi connectivity index (χ1) is 16.8. The number of amides is 3. The van der Waals surface area contributed by atoms with Crippen LogP contribution >= 0.6 is 0 Å². The van der Waals surface area contributed by atoms with E-state index >= 15 is 0 Å². The highest BCUT2D eigenvalue weighted by molar-refractivity contribution is 5.93. The van der Waals surface area contributed by atoms with Gasteiger partial charge in [0.1, 0.15) is 12.1 Å². The summed E-state index contributed by atoms with van der Waals surface area (Å²) in [6.07, 6.45) is 4.77. The molecule has 0 saturated carbocycles. The second-order valence-electron chi connectivity index (χ2n) is 8.82. The number of nitrogens with two attached hydrogens (primary N) is 2. The maximum Gasteiger partial charge on any atom is 0.326 e. The van der Waals surface area contributed by atoms with Crippen LogP contribution in [0, 0.1) is 0 Å². The smallest absolute Gasteiger partial charge is 0.326 e. The van der Waals surface area contributed by atoms with E-state index < -0.39 is 35.9 Å². The molecule has 2 heterocycles. The molecule has 11 heteroatoms. The number of hydrogen-bond donors (Lipinski definition) is 6. The molecule has 11 nitrogen and oxygen atoms in total. The summed E-state index contributed by atoms with van der Waals surface area (Å²) < 4.78 is 0. The van der Waals surface area contributed by atoms with Gasteiger partial charge in [0.2, 0.25) is 17.7 Å². The van der Waals surface area contributed by atoms with Gasteiger partial charge >= 0.3 is 5.97 Å². The third-order valence-electron chi connectivity index (χ3n) is 6.27. The molecule has 1 aromatic carbocycles. The summed E-state index contributed by atoms with van der Waals surface area (Å²) >= 11 is 0. The first kappa shape index (κ1) is 26.2. The van der Waals surface area contributed by atoms with Gasteiger partial charge in [0.05, 0.1) is 12.6 Å². The Balaban J connectivity index is 1.52. The summed E-state index contributed by atoms with van der Waals surface area (Å²) in [5, 5.41) is 15.2. The summed E-state index contributed by atoms with van der Waals surface area (Å²) in [6, 6.07) is 5.18. The highest BCUT2D eigenvalue weighted by Gasteiger charge is 2.36. The van der Waals surface area contributed by atoms with E-state index in [0.717, 1.165) is 16.5 Å². The summed E-state index contributed by atoms with van der Waals surface area (Å²) in [5.74, 6) is -2.52. The van der Waals surface area contributed by atoms with E-state index in [2.05, 4.69) is 15.6 Å². The molecule has 35 heavy (non-hydrogen) atoms. The fourth-order valence-electron chi connectivity index (χ4n) is 4.42. The number of carboxylic acids is 1. The van der Waals surface area contributed by atoms with Crippen molar-refractivity contribution in [2.24, 2.45) is 11.5 Å². The number of fused-ring (bicyclic) bond motifs is 1. The molecule has 3 atom stereocenters. The van der Waals surface area contributed by atoms with Crippen LogP contribution in [0.4, 0.5) is 0 Å². The third-order valence-corrected chi connectivity index (χ3v) is 6.27. The zero-order valence-electron chi connectivity index (χ0n) is 19.7. The lowest BCUT2D eigenvalue weighted by Crippen LogP contribution is -2.53. The highest BCUT2D eigenvalue weighted by atomic mass is 16.4. The van der Waals surface area contributed by atoms with Crippen molar-refractivity contribution in [3.63, 3.8) is 0 Å². The number of hydrogen-bond acceptors (Lipinski definition) is 6. The Labute approximate surface area is 203 Å². The van der Waals surface area contributed by atoms with Gasteiger partial charge in [0.25, 0.3) is 0 Å². The molecule has 2 aromatic rings. The zero-order valence-corrected chi connectivity index (χ0v) is 19.7. The predicted molar refractivity (Wildman–Crippen MR) is 130 cm³/mol. The van der Waals surface area contributed by atoms with Crippen molar-refractivity contribution in [2.75, 3.05) is 19.6 Å². The Kier molecular flexibility index (Phi) is 9.21. The Morgan fingerprint density at radius 1 is 1.20 bits per heavy atom. The maximum atomic E-state index is 13.1. The van der Waals surface area contributed by atoms with E-state index in [4.69, 9.17) is 11.5 Å². The number of nitrogens with one attached hydrogen (secondary N) is 3. The van der Waals surface area contributed by atoms with Crippen molar-refractivity contribution in [1.82, 2.24) is 20.5 Å². The average Bonchev–Trinajstić information content (AvgIpc) is 3.49. The molecule has 0 aliphatic carbocycles. The number of H-pyrrole nitrogens is 1. The molecule has 1 saturated heterocycles. The fraction of sp³-hybridized carbons (Fsp3) is 0.500. The van der Waals surface area contributed by atoms with Crippen LogP contribution < -0.4 is 22.1 Å². The van der Waals surface area contributed by atoms with Crippen LogP contribution in [0.2, 0.25) is 0 Å². The van der Waals surface area contributed by atoms with Gasteiger partial charge in [-0.15, -0.1) is 0 Å². The van der Waals surface area contributed by atoms with Gasteiger partial charge in [-0.05, 0) is 56.7 Å². The summed E-state index contributed by atoms with van der Waals surface area (Å²) in [4.78, 5) is 54.0. The van der Waals surface area contributed by atoms with E-state index in [0.29, 0.717) is 45.2 Å². The second-order valence-corrected chi connectivity index (χ2v) is 8.82. The predicted octanol–water partition coefficient (Wildman–Crippen LogP) is -0.157. The normalized spacial score (nSPS) is 17.2. The Morgan fingerprint density at radius 2 is 1.97 bits per heavy atom. The van der Waals surface area contributed by atoms with Crippen LogP contribution in [0.3, 0.4) is 0 Å². The molecule has 1 aliphatic heterocycles. The monoisotopic (exact) mass is 486 g/mol. The van der Waals surface area contributed by atoms with Crippen LogP contribution in [-0.2, 0) is 25.6 Å². The maximum absolute atomic E-state index is 13.1. The van der Waals surface area contributed by atoms with Gasteiger partial charge in [-0.25, -0.2) is 4.79 Å². The lowest BCUT2D eigenvalue weighted by molar-refractivity contribution is -0.142. The highest BCUT2D eigenvalue weighted by Crippen LogP contribution is 2.22. The van der Waals surface area contributed by atoms with E-state index in [1.807, 2.05) is 30.5 Å². The largest absolute Gasteiger partial charge is 0.480 e. The van der Waals surface area contributed by atoms with Crippen molar-refractivity contribution in [1.29, 1.82) is 0 Å². The van der Waals surface area contributed by atoms with Crippen LogP contribution in [0.25, 0.3) is 10.9 Å². The van der Waals surface area contributed by atoms with Gasteiger partial charge in [0, 0.05) is 23.6 Å². The van der Waals surface area contributed by atoms with Crippen molar-refractivity contribution < 1.29 is 24.3 Å². The van der Waals surface area contributed by atoms with E-state index in [1.54, 1.807) is 0 Å². The van der Waals surface area contributed by atoms with E-state index in [-0.39, 0.29) is 18.9 Å². The molecule has 1 fully saturated rings. The van der Waals surface area contributed by atoms with Crippen LogP contribution in [-0.4, -0.2) is 76.4 Å². The quantitative estimate of drug-likeness (QED) is 0.225. The minimum atomic E-state index is -1.14. The number of benzene rings is 1. The number of carboxylic acid groups (broad SMARTS) is 1. The van der Waals surface area contributed by atoms with Crippen LogP contribution in [0.5, 0.6) is 0 Å². The number of aromatic nitrogens is 1. The van der Waals surface area contributed by atoms with Gasteiger partial charge in [-0.1, -0.05) is 18.2 Å². The Hall–Kier alpha value is -3.44. The lowest BCUT2D eigenvalue weighted by atomic mass is 10.0. The number of carbonyl (C=O) groups excluding carboxylic acids is 3. The number of nitrogens with zero attached hydrogens (tertiary/aromatic N) is 1. The number of unbranched alkanes of at least 4 members (excludes halogenated alkanes) is 1. The van der Waals surface area contributed by atoms with Crippen LogP contribution in [0.1, 0.15) is 37.7 Å². The standard InChI is InChI=1S/C24H34N6O5/c25-10-4-3-8-19(24(34)35)29-21(31)14-28-22(32)20-9-5-11-30(20)23(33)17(26)12-15-13-27-18-7-2-1-6-16(15)18/h1-2,6-7,13,17,19-20,27H,3-5,8-12,14,25-26H2,(H,28,32)(H,29,31)(H,34,35). The number of likely N-dealkylation sites (tertiary alicyclic amines) is 1. The van der Waals surface area contributed by atoms with Crippen molar-refractivity contribution in [3.8, 4) is 0 Å². The summed E-state index contributed by atoms with van der Waals surface area (Å²) in [7, 11) is 0. The molecule has 8 N–H and O–H groups in total. The minimum Gasteiger partial charge on any atom is -0.480 e. The van der Waals surface area contributed by atoms with Crippen molar-refractivity contribution in [3.05, 3.63) is 36.0 Å². The molecular weight excluding hydrogens is 452 g/mol. The molecule has 0 spiro atoms. The first-order valence-corrected chi connectivity index (χ1v) is 11.9. The van der Waals surface area contributed by atoms with E-state index in [1.165, 1.54) is 4.90 Å². The molecule has 1 aromatic heterocycles. The molecule has 3 amide bonds. The molecule has 1 aliphatic rings. The molecule has 0 bridgehead atoms. The number of carbonyl (C=O) groups is 4. The van der Waals surface area contributed by atoms with Crippen molar-refractivity contribution in [2.45, 2.75) is 56.7 Å². The minimum absolute atomic E-state index is 0.255. The van der Waals surface area contributed by atoms with Gasteiger partial charge in [0.15, 0.2) is 0 Å². The van der Waals surface area contributed by atoms with Crippen molar-refractivity contribution >= 4 is 34.6 Å². The Morgan fingerprint density at radius 3 is 2.71 bits per heavy atom. The van der Waals surface area contributed by atoms with Gasteiger partial charge in [-0.2, -0.15) is 0 Å².